The first kappa shape index (κ1) is 46.5. The van der Waals surface area contributed by atoms with Gasteiger partial charge in [0.2, 0.25) is 0 Å². The van der Waals surface area contributed by atoms with E-state index in [-0.39, 0.29) is 10.8 Å². The summed E-state index contributed by atoms with van der Waals surface area (Å²) in [7, 11) is 0. The van der Waals surface area contributed by atoms with E-state index in [0.717, 1.165) is 111 Å². The Labute approximate surface area is 464 Å². The van der Waals surface area contributed by atoms with Crippen molar-refractivity contribution in [1.29, 1.82) is 0 Å². The van der Waals surface area contributed by atoms with Gasteiger partial charge in [0.25, 0.3) is 0 Å². The van der Waals surface area contributed by atoms with Crippen LogP contribution in [0.3, 0.4) is 0 Å². The van der Waals surface area contributed by atoms with Crippen molar-refractivity contribution in [2.75, 3.05) is 9.80 Å². The Morgan fingerprint density at radius 1 is 0.312 bits per heavy atom. The summed E-state index contributed by atoms with van der Waals surface area (Å²) in [6.45, 7) is 13.6. The summed E-state index contributed by atoms with van der Waals surface area (Å²) in [5, 5.41) is 6.49. The summed E-state index contributed by atoms with van der Waals surface area (Å²) in [5.41, 5.74) is 22.6. The molecule has 14 aromatic rings. The maximum Gasteiger partial charge on any atom is 0.145 e. The van der Waals surface area contributed by atoms with Gasteiger partial charge in [-0.2, -0.15) is 0 Å². The SMILES string of the molecule is CC(C)(C)c1ccc(N(c2ccc3c(c2)C2(c4ccccc4-c4ccccc42)c2cc(N(c4ccc(C(C)(C)C)cc4)c4ccc5c(c4)oc4ccccc45)c4c(oc5ccccc54)c2-3)c2ccc3c(c2)oc2ccccc23)cc1. The van der Waals surface area contributed by atoms with Gasteiger partial charge in [0.1, 0.15) is 33.5 Å². The van der Waals surface area contributed by atoms with Gasteiger partial charge in [-0.1, -0.05) is 175 Å². The van der Waals surface area contributed by atoms with Crippen LogP contribution in [0.4, 0.5) is 34.1 Å². The molecule has 3 aromatic heterocycles. The van der Waals surface area contributed by atoms with Crippen molar-refractivity contribution in [3.63, 3.8) is 0 Å². The van der Waals surface area contributed by atoms with Crippen LogP contribution in [0.15, 0.2) is 244 Å². The van der Waals surface area contributed by atoms with Crippen LogP contribution in [-0.4, -0.2) is 0 Å². The van der Waals surface area contributed by atoms with Gasteiger partial charge in [-0.25, -0.2) is 0 Å². The summed E-state index contributed by atoms with van der Waals surface area (Å²) in [6, 6.07) is 84.6. The lowest BCUT2D eigenvalue weighted by molar-refractivity contribution is 0.590. The molecular weight excluding hydrogens is 977 g/mol. The molecule has 0 atom stereocenters. The number of hydrogen-bond acceptors (Lipinski definition) is 5. The Bertz CT molecular complexity index is 4820. The van der Waals surface area contributed by atoms with E-state index in [1.807, 2.05) is 12.1 Å². The van der Waals surface area contributed by atoms with Crippen molar-refractivity contribution in [2.24, 2.45) is 0 Å². The smallest absolute Gasteiger partial charge is 0.145 e. The zero-order valence-corrected chi connectivity index (χ0v) is 45.6. The average Bonchev–Trinajstić information content (AvgIpc) is 2.69. The van der Waals surface area contributed by atoms with Crippen molar-refractivity contribution in [3.8, 4) is 22.3 Å². The van der Waals surface area contributed by atoms with Crippen molar-refractivity contribution in [1.82, 2.24) is 0 Å². The first-order valence-corrected chi connectivity index (χ1v) is 27.9. The monoisotopic (exact) mass is 1030 g/mol. The predicted molar refractivity (Wildman–Crippen MR) is 331 cm³/mol. The van der Waals surface area contributed by atoms with E-state index in [2.05, 4.69) is 270 Å². The number of anilines is 6. The molecule has 0 unspecified atom stereocenters. The third-order valence-electron chi connectivity index (χ3n) is 17.4. The molecule has 5 heteroatoms. The molecule has 5 nitrogen and oxygen atoms in total. The topological polar surface area (TPSA) is 45.9 Å². The number of fused-ring (bicyclic) bond motifs is 20. The fraction of sp³-hybridized carbons (Fsp3) is 0.120. The Morgan fingerprint density at radius 2 is 0.738 bits per heavy atom. The Morgan fingerprint density at radius 3 is 1.29 bits per heavy atom. The van der Waals surface area contributed by atoms with Crippen LogP contribution in [0.25, 0.3) is 88.1 Å². The number of nitrogens with zero attached hydrogens (tertiary/aromatic N) is 2. The fourth-order valence-electron chi connectivity index (χ4n) is 13.6. The van der Waals surface area contributed by atoms with Crippen molar-refractivity contribution >= 4 is 99.9 Å². The first-order chi connectivity index (χ1) is 38.9. The van der Waals surface area contributed by atoms with E-state index >= 15 is 0 Å². The molecule has 0 bridgehead atoms. The molecule has 0 saturated carbocycles. The summed E-state index contributed by atoms with van der Waals surface area (Å²) in [5.74, 6) is 0. The van der Waals surface area contributed by atoms with Gasteiger partial charge in [0, 0.05) is 73.1 Å². The van der Waals surface area contributed by atoms with Gasteiger partial charge < -0.3 is 23.1 Å². The van der Waals surface area contributed by atoms with E-state index in [1.54, 1.807) is 0 Å². The normalized spacial score (nSPS) is 13.5. The lowest BCUT2D eigenvalue weighted by Crippen LogP contribution is -2.26. The molecule has 0 fully saturated rings. The summed E-state index contributed by atoms with van der Waals surface area (Å²) < 4.78 is 20.7. The van der Waals surface area contributed by atoms with Crippen LogP contribution >= 0.6 is 0 Å². The highest BCUT2D eigenvalue weighted by atomic mass is 16.3. The predicted octanol–water partition coefficient (Wildman–Crippen LogP) is 21.3. The zero-order chi connectivity index (χ0) is 53.8. The molecule has 0 saturated heterocycles. The van der Waals surface area contributed by atoms with E-state index in [4.69, 9.17) is 13.3 Å². The quantitative estimate of drug-likeness (QED) is 0.166. The van der Waals surface area contributed by atoms with Gasteiger partial charge in [-0.15, -0.1) is 0 Å². The van der Waals surface area contributed by atoms with E-state index in [9.17, 15) is 0 Å². The molecule has 0 aliphatic heterocycles. The molecule has 0 N–H and O–H groups in total. The number of rotatable bonds is 6. The maximum absolute atomic E-state index is 7.42. The molecule has 1 spiro atoms. The zero-order valence-electron chi connectivity index (χ0n) is 45.6. The molecule has 80 heavy (non-hydrogen) atoms. The minimum atomic E-state index is -0.759. The minimum Gasteiger partial charge on any atom is -0.456 e. The second-order valence-corrected chi connectivity index (χ2v) is 24.0. The Hall–Kier alpha value is -9.58. The van der Waals surface area contributed by atoms with Crippen molar-refractivity contribution < 1.29 is 13.3 Å². The average molecular weight is 1030 g/mol. The molecule has 2 aliphatic rings. The highest BCUT2D eigenvalue weighted by Gasteiger charge is 2.53. The lowest BCUT2D eigenvalue weighted by Gasteiger charge is -2.33. The van der Waals surface area contributed by atoms with Crippen LogP contribution in [0.1, 0.15) is 74.9 Å². The molecule has 16 rings (SSSR count). The molecular formula is C75H56N2O3. The molecule has 2 aliphatic carbocycles. The van der Waals surface area contributed by atoms with Gasteiger partial charge in [-0.3, -0.25) is 0 Å². The molecule has 0 radical (unpaired) electrons. The van der Waals surface area contributed by atoms with Gasteiger partial charge in [-0.05, 0) is 146 Å². The number of hydrogen-bond donors (Lipinski definition) is 0. The summed E-state index contributed by atoms with van der Waals surface area (Å²) in [4.78, 5) is 4.85. The van der Waals surface area contributed by atoms with E-state index in [0.29, 0.717) is 0 Å². The van der Waals surface area contributed by atoms with E-state index in [1.165, 1.54) is 44.5 Å². The Kier molecular flexibility index (Phi) is 9.72. The molecule has 384 valence electrons. The molecule has 3 heterocycles. The number of para-hydroxylation sites is 3. The molecule has 11 aromatic carbocycles. The number of furan rings is 3. The highest BCUT2D eigenvalue weighted by molar-refractivity contribution is 6.20. The van der Waals surface area contributed by atoms with Crippen molar-refractivity contribution in [3.05, 3.63) is 264 Å². The minimum absolute atomic E-state index is 0.0159. The van der Waals surface area contributed by atoms with Gasteiger partial charge in [0.05, 0.1) is 16.5 Å². The van der Waals surface area contributed by atoms with Crippen LogP contribution in [-0.2, 0) is 16.2 Å². The Balaban J connectivity index is 1.00. The number of benzene rings is 11. The largest absolute Gasteiger partial charge is 0.456 e. The van der Waals surface area contributed by atoms with Crippen LogP contribution in [0.5, 0.6) is 0 Å². The molecule has 0 amide bonds. The fourth-order valence-corrected chi connectivity index (χ4v) is 13.6. The third-order valence-corrected chi connectivity index (χ3v) is 17.4. The standard InChI is InChI=1S/C75H56N2O3/c1-73(2,3)45-27-31-47(32-28-45)76(50-35-38-56-54-19-9-14-24-65(54)78-68(56)42-50)49-37-40-58-62(41-49)75(60-22-12-7-17-52(60)53-18-8-13-23-61(53)75)63-44-64(71-59-21-11-16-26-67(59)80-72(71)70(58)63)77(48-33-29-46(30-34-48)74(4,5)6)51-36-39-57-55-20-10-15-25-66(55)79-69(57)43-51/h7-44H,1-6H3. The summed E-state index contributed by atoms with van der Waals surface area (Å²) >= 11 is 0. The van der Waals surface area contributed by atoms with Crippen molar-refractivity contribution in [2.45, 2.75) is 57.8 Å². The highest BCUT2D eigenvalue weighted by Crippen LogP contribution is 2.66. The van der Waals surface area contributed by atoms with Crippen LogP contribution in [0, 0.1) is 0 Å². The second kappa shape index (κ2) is 16.7. The van der Waals surface area contributed by atoms with Gasteiger partial charge >= 0.3 is 0 Å². The lowest BCUT2D eigenvalue weighted by atomic mass is 9.70. The van der Waals surface area contributed by atoms with Crippen LogP contribution < -0.4 is 9.80 Å². The van der Waals surface area contributed by atoms with Crippen LogP contribution in [0.2, 0.25) is 0 Å². The van der Waals surface area contributed by atoms with E-state index < -0.39 is 5.41 Å². The maximum atomic E-state index is 7.42. The third kappa shape index (κ3) is 6.64. The summed E-state index contributed by atoms with van der Waals surface area (Å²) in [6.07, 6.45) is 0. The van der Waals surface area contributed by atoms with Gasteiger partial charge in [0.15, 0.2) is 0 Å². The second-order valence-electron chi connectivity index (χ2n) is 24.0. The first-order valence-electron chi connectivity index (χ1n) is 27.9.